The summed E-state index contributed by atoms with van der Waals surface area (Å²) in [6, 6.07) is 8.18. The number of benzene rings is 1. The predicted molar refractivity (Wildman–Crippen MR) is 85.1 cm³/mol. The summed E-state index contributed by atoms with van der Waals surface area (Å²) >= 11 is 0. The summed E-state index contributed by atoms with van der Waals surface area (Å²) in [5.74, 6) is 0.733. The molecule has 1 aliphatic heterocycles. The second-order valence-electron chi connectivity index (χ2n) is 6.24. The number of hydrogen-bond acceptors (Lipinski definition) is 2. The highest BCUT2D eigenvalue weighted by Gasteiger charge is 2.26. The maximum Gasteiger partial charge on any atom is 0.237 e. The first kappa shape index (κ1) is 14.1. The van der Waals surface area contributed by atoms with Crippen LogP contribution in [0.25, 0.3) is 10.9 Å². The molecule has 0 bridgehead atoms. The number of H-pyrrole nitrogens is 1. The van der Waals surface area contributed by atoms with Gasteiger partial charge in [0.1, 0.15) is 0 Å². The Bertz CT molecular complexity index is 645. The first-order valence-corrected chi connectivity index (χ1v) is 7.74. The van der Waals surface area contributed by atoms with E-state index in [1.54, 1.807) is 0 Å². The number of hydrogen-bond donors (Lipinski definition) is 3. The molecule has 4 nitrogen and oxygen atoms in total. The average molecular weight is 285 g/mol. The molecule has 0 aliphatic carbocycles. The minimum absolute atomic E-state index is 0.117. The van der Waals surface area contributed by atoms with Crippen molar-refractivity contribution in [1.29, 1.82) is 0 Å². The van der Waals surface area contributed by atoms with E-state index in [0.29, 0.717) is 5.92 Å². The number of carbonyl (C=O) groups excluding carboxylic acids is 1. The van der Waals surface area contributed by atoms with Crippen LogP contribution in [0.15, 0.2) is 24.3 Å². The van der Waals surface area contributed by atoms with E-state index < -0.39 is 0 Å². The molecule has 2 heterocycles. The standard InChI is InChI=1S/C17H23N3O/c1-11(2)7-8-18-17(21)15-9-13-12-5-3-4-6-14(12)20-16(13)10-19-15/h3-6,11,15,19-20H,7-10H2,1-2H3,(H,18,21)/t15-/m1/s1. The maximum absolute atomic E-state index is 12.3. The number of carbonyl (C=O) groups is 1. The minimum atomic E-state index is -0.121. The Hall–Kier alpha value is -1.81. The molecule has 0 radical (unpaired) electrons. The third kappa shape index (κ3) is 2.95. The smallest absolute Gasteiger partial charge is 0.237 e. The number of rotatable bonds is 4. The van der Waals surface area contributed by atoms with Crippen molar-refractivity contribution in [1.82, 2.24) is 15.6 Å². The number of nitrogens with one attached hydrogen (secondary N) is 3. The Labute approximate surface area is 125 Å². The van der Waals surface area contributed by atoms with E-state index >= 15 is 0 Å². The van der Waals surface area contributed by atoms with Crippen LogP contribution in [0, 0.1) is 5.92 Å². The fourth-order valence-electron chi connectivity index (χ4n) is 2.93. The van der Waals surface area contributed by atoms with Gasteiger partial charge in [-0.1, -0.05) is 32.0 Å². The SMILES string of the molecule is CC(C)CCNC(=O)[C@H]1Cc2c([nH]c3ccccc23)CN1. The summed E-state index contributed by atoms with van der Waals surface area (Å²) in [4.78, 5) is 15.7. The van der Waals surface area contributed by atoms with Crippen molar-refractivity contribution < 1.29 is 4.79 Å². The lowest BCUT2D eigenvalue weighted by Crippen LogP contribution is -2.47. The Morgan fingerprint density at radius 1 is 1.38 bits per heavy atom. The number of para-hydroxylation sites is 1. The van der Waals surface area contributed by atoms with Crippen molar-refractivity contribution in [2.24, 2.45) is 5.92 Å². The van der Waals surface area contributed by atoms with Gasteiger partial charge in [0.05, 0.1) is 6.04 Å². The van der Waals surface area contributed by atoms with Gasteiger partial charge in [0, 0.05) is 29.7 Å². The lowest BCUT2D eigenvalue weighted by Gasteiger charge is -2.23. The van der Waals surface area contributed by atoms with E-state index in [2.05, 4.69) is 47.7 Å². The van der Waals surface area contributed by atoms with Gasteiger partial charge < -0.3 is 10.3 Å². The van der Waals surface area contributed by atoms with Crippen molar-refractivity contribution in [3.05, 3.63) is 35.5 Å². The van der Waals surface area contributed by atoms with E-state index in [1.807, 2.05) is 6.07 Å². The van der Waals surface area contributed by atoms with Crippen LogP contribution in [0.3, 0.4) is 0 Å². The number of fused-ring (bicyclic) bond motifs is 3. The zero-order chi connectivity index (χ0) is 14.8. The predicted octanol–water partition coefficient (Wildman–Crippen LogP) is 2.34. The Kier molecular flexibility index (Phi) is 3.97. The van der Waals surface area contributed by atoms with Gasteiger partial charge in [-0.25, -0.2) is 0 Å². The highest BCUT2D eigenvalue weighted by molar-refractivity contribution is 5.88. The first-order valence-electron chi connectivity index (χ1n) is 7.74. The Morgan fingerprint density at radius 2 is 2.19 bits per heavy atom. The average Bonchev–Trinajstić information content (AvgIpc) is 2.84. The van der Waals surface area contributed by atoms with Crippen LogP contribution in [-0.2, 0) is 17.8 Å². The van der Waals surface area contributed by atoms with Crippen LogP contribution in [0.1, 0.15) is 31.5 Å². The highest BCUT2D eigenvalue weighted by atomic mass is 16.2. The number of amides is 1. The molecule has 0 spiro atoms. The third-order valence-electron chi connectivity index (χ3n) is 4.17. The maximum atomic E-state index is 12.3. The van der Waals surface area contributed by atoms with Crippen LogP contribution in [-0.4, -0.2) is 23.5 Å². The van der Waals surface area contributed by atoms with Crippen LogP contribution in [0.2, 0.25) is 0 Å². The molecule has 112 valence electrons. The van der Waals surface area contributed by atoms with E-state index in [0.717, 1.165) is 31.4 Å². The van der Waals surface area contributed by atoms with Crippen molar-refractivity contribution >= 4 is 16.8 Å². The van der Waals surface area contributed by atoms with Crippen LogP contribution >= 0.6 is 0 Å². The van der Waals surface area contributed by atoms with Crippen molar-refractivity contribution in [3.63, 3.8) is 0 Å². The molecule has 1 aromatic carbocycles. The molecule has 0 saturated heterocycles. The van der Waals surface area contributed by atoms with Gasteiger partial charge in [-0.05, 0) is 30.4 Å². The molecular formula is C17H23N3O. The molecule has 0 unspecified atom stereocenters. The molecule has 1 aromatic heterocycles. The van der Waals surface area contributed by atoms with Crippen LogP contribution in [0.4, 0.5) is 0 Å². The quantitative estimate of drug-likeness (QED) is 0.807. The summed E-state index contributed by atoms with van der Waals surface area (Å²) in [6.45, 7) is 5.83. The third-order valence-corrected chi connectivity index (χ3v) is 4.17. The molecule has 1 atom stereocenters. The molecule has 21 heavy (non-hydrogen) atoms. The molecule has 2 aromatic rings. The second kappa shape index (κ2) is 5.90. The van der Waals surface area contributed by atoms with Crippen LogP contribution < -0.4 is 10.6 Å². The molecule has 1 amide bonds. The van der Waals surface area contributed by atoms with Gasteiger partial charge >= 0.3 is 0 Å². The summed E-state index contributed by atoms with van der Waals surface area (Å²) in [6.07, 6.45) is 1.78. The lowest BCUT2D eigenvalue weighted by atomic mass is 9.98. The number of aromatic nitrogens is 1. The van der Waals surface area contributed by atoms with Gasteiger partial charge in [0.25, 0.3) is 0 Å². The monoisotopic (exact) mass is 285 g/mol. The van der Waals surface area contributed by atoms with E-state index in [4.69, 9.17) is 0 Å². The molecule has 3 N–H and O–H groups in total. The minimum Gasteiger partial charge on any atom is -0.357 e. The van der Waals surface area contributed by atoms with E-state index in [-0.39, 0.29) is 11.9 Å². The van der Waals surface area contributed by atoms with Crippen molar-refractivity contribution in [2.45, 2.75) is 39.3 Å². The molecule has 0 fully saturated rings. The summed E-state index contributed by atoms with van der Waals surface area (Å²) < 4.78 is 0. The summed E-state index contributed by atoms with van der Waals surface area (Å²) in [5.41, 5.74) is 3.65. The Morgan fingerprint density at radius 3 is 3.00 bits per heavy atom. The normalized spacial score (nSPS) is 18.0. The van der Waals surface area contributed by atoms with Gasteiger partial charge in [0.15, 0.2) is 0 Å². The summed E-state index contributed by atoms with van der Waals surface area (Å²) in [7, 11) is 0. The summed E-state index contributed by atoms with van der Waals surface area (Å²) in [5, 5.41) is 7.62. The van der Waals surface area contributed by atoms with Gasteiger partial charge in [0.2, 0.25) is 5.91 Å². The fraction of sp³-hybridized carbons (Fsp3) is 0.471. The van der Waals surface area contributed by atoms with E-state index in [9.17, 15) is 4.79 Å². The van der Waals surface area contributed by atoms with Gasteiger partial charge in [-0.3, -0.25) is 10.1 Å². The zero-order valence-electron chi connectivity index (χ0n) is 12.7. The van der Waals surface area contributed by atoms with Crippen molar-refractivity contribution in [2.75, 3.05) is 6.54 Å². The first-order chi connectivity index (χ1) is 10.1. The molecule has 4 heteroatoms. The number of aromatic amines is 1. The van der Waals surface area contributed by atoms with Gasteiger partial charge in [-0.2, -0.15) is 0 Å². The highest BCUT2D eigenvalue weighted by Crippen LogP contribution is 2.26. The Balaban J connectivity index is 1.70. The molecule has 1 aliphatic rings. The van der Waals surface area contributed by atoms with Crippen LogP contribution in [0.5, 0.6) is 0 Å². The van der Waals surface area contributed by atoms with Gasteiger partial charge in [-0.15, -0.1) is 0 Å². The van der Waals surface area contributed by atoms with Crippen molar-refractivity contribution in [3.8, 4) is 0 Å². The molecule has 3 rings (SSSR count). The molecular weight excluding hydrogens is 262 g/mol. The lowest BCUT2D eigenvalue weighted by molar-refractivity contribution is -0.123. The zero-order valence-corrected chi connectivity index (χ0v) is 12.7. The second-order valence-corrected chi connectivity index (χ2v) is 6.24. The topological polar surface area (TPSA) is 56.9 Å². The molecule has 0 saturated carbocycles. The van der Waals surface area contributed by atoms with E-state index in [1.165, 1.54) is 16.6 Å². The largest absolute Gasteiger partial charge is 0.357 e. The fourth-order valence-corrected chi connectivity index (χ4v) is 2.93.